The molecule has 0 radical (unpaired) electrons. The number of rotatable bonds is 8. The van der Waals surface area contributed by atoms with Gasteiger partial charge in [-0.2, -0.15) is 10.4 Å². The van der Waals surface area contributed by atoms with E-state index in [1.165, 1.54) is 12.4 Å². The summed E-state index contributed by atoms with van der Waals surface area (Å²) in [6.45, 7) is 5.59. The van der Waals surface area contributed by atoms with E-state index in [9.17, 15) is 15.2 Å². The maximum Gasteiger partial charge on any atom is 0.264 e. The number of hydrogen-bond donors (Lipinski definition) is 2. The van der Waals surface area contributed by atoms with E-state index >= 15 is 4.39 Å². The lowest BCUT2D eigenvalue weighted by Gasteiger charge is -2.46. The molecule has 11 nitrogen and oxygen atoms in total. The van der Waals surface area contributed by atoms with Crippen molar-refractivity contribution in [2.24, 2.45) is 0 Å². The topological polar surface area (TPSA) is 146 Å². The number of amides is 1. The first-order valence-electron chi connectivity index (χ1n) is 14.5. The van der Waals surface area contributed by atoms with Crippen LogP contribution in [0.5, 0.6) is 11.5 Å². The Morgan fingerprint density at radius 3 is 2.68 bits per heavy atom. The maximum atomic E-state index is 15.5. The minimum atomic E-state index is -0.567. The second kappa shape index (κ2) is 11.7. The van der Waals surface area contributed by atoms with E-state index in [4.69, 9.17) is 15.6 Å². The lowest BCUT2D eigenvalue weighted by atomic mass is 9.94. The number of carbonyl (C=O) groups is 1. The van der Waals surface area contributed by atoms with Crippen molar-refractivity contribution in [3.63, 3.8) is 0 Å². The highest BCUT2D eigenvalue weighted by atomic mass is 19.1. The van der Waals surface area contributed by atoms with Crippen LogP contribution in [0.1, 0.15) is 26.7 Å². The third kappa shape index (κ3) is 5.59. The molecule has 0 aliphatic carbocycles. The van der Waals surface area contributed by atoms with Gasteiger partial charge < -0.3 is 20.5 Å². The van der Waals surface area contributed by atoms with E-state index in [1.54, 1.807) is 39.9 Å². The smallest absolute Gasteiger partial charge is 0.264 e. The first-order chi connectivity index (χ1) is 21.1. The van der Waals surface area contributed by atoms with E-state index in [0.717, 1.165) is 6.42 Å². The number of nitrogens with zero attached hydrogens (tertiary/aromatic N) is 7. The highest BCUT2D eigenvalue weighted by Gasteiger charge is 2.38. The number of ether oxygens (including phenoxy) is 1. The number of likely N-dealkylation sites (tertiary alicyclic amines) is 2. The van der Waals surface area contributed by atoms with E-state index in [-0.39, 0.29) is 41.1 Å². The molecule has 0 bridgehead atoms. The molecule has 1 amide bonds. The molecule has 12 heteroatoms. The number of aliphatic hydroxyl groups is 1. The number of anilines is 1. The summed E-state index contributed by atoms with van der Waals surface area (Å²) >= 11 is 0. The number of carbonyl (C=O) groups excluding carboxylic acids is 1. The van der Waals surface area contributed by atoms with Gasteiger partial charge in [0.1, 0.15) is 46.8 Å². The summed E-state index contributed by atoms with van der Waals surface area (Å²) in [5.41, 5.74) is 6.67. The van der Waals surface area contributed by atoms with Crippen LogP contribution in [0.2, 0.25) is 0 Å². The van der Waals surface area contributed by atoms with Gasteiger partial charge in [-0.05, 0) is 57.0 Å². The van der Waals surface area contributed by atoms with Crippen LogP contribution in [0.25, 0.3) is 22.3 Å². The summed E-state index contributed by atoms with van der Waals surface area (Å²) in [6.07, 6.45) is 4.07. The summed E-state index contributed by atoms with van der Waals surface area (Å²) in [5.74, 6) is 0.176. The van der Waals surface area contributed by atoms with E-state index in [2.05, 4.69) is 16.0 Å². The molecule has 0 unspecified atom stereocenters. The zero-order chi connectivity index (χ0) is 31.0. The second-order valence-corrected chi connectivity index (χ2v) is 11.7. The Balaban J connectivity index is 1.28. The lowest BCUT2D eigenvalue weighted by Crippen LogP contribution is -2.59. The van der Waals surface area contributed by atoms with Gasteiger partial charge in [0, 0.05) is 36.8 Å². The molecule has 3 N–H and O–H groups in total. The van der Waals surface area contributed by atoms with Crippen molar-refractivity contribution in [3.8, 4) is 28.8 Å². The molecule has 4 heterocycles. The molecule has 2 aliphatic heterocycles. The average Bonchev–Trinajstić information content (AvgIpc) is 3.60. The average molecular weight is 597 g/mol. The molecular formula is C32H33FN8O3. The molecule has 0 spiro atoms. The Morgan fingerprint density at radius 1 is 1.20 bits per heavy atom. The molecule has 2 aromatic heterocycles. The third-order valence-corrected chi connectivity index (χ3v) is 8.28. The minimum absolute atomic E-state index is 0.0563. The van der Waals surface area contributed by atoms with Crippen molar-refractivity contribution in [1.82, 2.24) is 29.5 Å². The van der Waals surface area contributed by atoms with Crippen molar-refractivity contribution in [1.29, 1.82) is 5.26 Å². The van der Waals surface area contributed by atoms with Gasteiger partial charge in [-0.25, -0.2) is 19.0 Å². The molecule has 44 heavy (non-hydrogen) atoms. The van der Waals surface area contributed by atoms with Crippen LogP contribution in [-0.4, -0.2) is 77.9 Å². The van der Waals surface area contributed by atoms with Gasteiger partial charge in [0.15, 0.2) is 5.65 Å². The number of halogens is 1. The van der Waals surface area contributed by atoms with E-state index in [1.807, 2.05) is 36.9 Å². The van der Waals surface area contributed by atoms with Crippen LogP contribution in [0.3, 0.4) is 0 Å². The largest absolute Gasteiger partial charge is 0.457 e. The monoisotopic (exact) mass is 596 g/mol. The van der Waals surface area contributed by atoms with Crippen molar-refractivity contribution in [3.05, 3.63) is 72.3 Å². The lowest BCUT2D eigenvalue weighted by molar-refractivity contribution is -0.127. The molecule has 2 aromatic carbocycles. The fourth-order valence-electron chi connectivity index (χ4n) is 5.88. The zero-order valence-corrected chi connectivity index (χ0v) is 24.5. The molecule has 4 aromatic rings. The number of fused-ring (bicyclic) bond motifs is 1. The second-order valence-electron chi connectivity index (χ2n) is 11.7. The van der Waals surface area contributed by atoms with Crippen LogP contribution in [-0.2, 0) is 11.3 Å². The summed E-state index contributed by atoms with van der Waals surface area (Å²) in [5, 5.41) is 24.8. The predicted octanol–water partition coefficient (Wildman–Crippen LogP) is 3.90. The number of β-amino-alcohol motifs (C(OH)–C–C–N with tert-alkyl or cyclic N) is 1. The normalized spacial score (nSPS) is 17.9. The number of aromatic nitrogens is 4. The zero-order valence-electron chi connectivity index (χ0n) is 24.5. The number of hydrogen-bond acceptors (Lipinski definition) is 9. The minimum Gasteiger partial charge on any atom is -0.457 e. The molecular weight excluding hydrogens is 563 g/mol. The molecule has 0 saturated carbocycles. The Hall–Kier alpha value is -4.86. The van der Waals surface area contributed by atoms with Gasteiger partial charge in [0.2, 0.25) is 0 Å². The molecule has 1 atom stereocenters. The number of benzene rings is 2. The first-order valence-corrected chi connectivity index (χ1v) is 14.5. The Kier molecular flexibility index (Phi) is 7.75. The molecule has 2 fully saturated rings. The van der Waals surface area contributed by atoms with Gasteiger partial charge in [-0.1, -0.05) is 18.2 Å². The molecule has 226 valence electrons. The number of nitrogens with two attached hydrogens (primary N) is 1. The van der Waals surface area contributed by atoms with Crippen LogP contribution >= 0.6 is 0 Å². The van der Waals surface area contributed by atoms with E-state index in [0.29, 0.717) is 48.6 Å². The quantitative estimate of drug-likeness (QED) is 0.228. The predicted molar refractivity (Wildman–Crippen MR) is 162 cm³/mol. The summed E-state index contributed by atoms with van der Waals surface area (Å²) < 4.78 is 22.9. The fourth-order valence-corrected chi connectivity index (χ4v) is 5.88. The van der Waals surface area contributed by atoms with Crippen molar-refractivity contribution >= 4 is 22.8 Å². The number of aliphatic hydroxyl groups excluding tert-OH is 1. The maximum absolute atomic E-state index is 15.5. The fraction of sp³-hybridized carbons (Fsp3) is 0.344. The molecule has 2 saturated heterocycles. The first kappa shape index (κ1) is 29.2. The van der Waals surface area contributed by atoms with Crippen LogP contribution < -0.4 is 10.5 Å². The highest BCUT2D eigenvalue weighted by molar-refractivity contribution is 5.99. The van der Waals surface area contributed by atoms with E-state index < -0.39 is 17.5 Å². The Bertz CT molecular complexity index is 1780. The van der Waals surface area contributed by atoms with Crippen LogP contribution in [0.4, 0.5) is 10.2 Å². The standard InChI is InChI=1S/C32H33FN8O3/c1-32(2,39-17-22(42)18-39)14-20(15-34)31(43)40-12-6-7-21(40)16-41-30-27(29(35)36-19-37-30)28(38-41)25-11-10-24(13-26(25)33)44-23-8-4-3-5-9-23/h3-5,8-11,13-14,19,21-22,42H,6-7,12,16-18H2,1-2H3,(H2,35,36,37)/b20-14-/t21-/m1/s1. The summed E-state index contributed by atoms with van der Waals surface area (Å²) in [4.78, 5) is 25.9. The molecule has 6 rings (SSSR count). The third-order valence-electron chi connectivity index (χ3n) is 8.28. The SMILES string of the molecule is CC(C)(/C=C(/C#N)C(=O)N1CCC[C@@H]1Cn1nc(-c2ccc(Oc3ccccc3)cc2F)c2c(N)ncnc21)N1CC(O)C1. The summed E-state index contributed by atoms with van der Waals surface area (Å²) in [7, 11) is 0. The van der Waals surface area contributed by atoms with Gasteiger partial charge >= 0.3 is 0 Å². The highest BCUT2D eigenvalue weighted by Crippen LogP contribution is 2.35. The van der Waals surface area contributed by atoms with Crippen molar-refractivity contribution in [2.45, 2.75) is 50.9 Å². The Morgan fingerprint density at radius 2 is 1.98 bits per heavy atom. The van der Waals surface area contributed by atoms with Gasteiger partial charge in [-0.3, -0.25) is 9.69 Å². The summed E-state index contributed by atoms with van der Waals surface area (Å²) in [6, 6.07) is 15.5. The van der Waals surface area contributed by atoms with Crippen LogP contribution in [0, 0.1) is 17.1 Å². The van der Waals surface area contributed by atoms with Gasteiger partial charge in [0.25, 0.3) is 5.91 Å². The Labute approximate surface area is 254 Å². The van der Waals surface area contributed by atoms with Crippen LogP contribution in [0.15, 0.2) is 66.5 Å². The van der Waals surface area contributed by atoms with Gasteiger partial charge in [0.05, 0.1) is 24.1 Å². The van der Waals surface area contributed by atoms with Crippen molar-refractivity contribution in [2.75, 3.05) is 25.4 Å². The number of para-hydroxylation sites is 1. The number of nitriles is 1. The molecule has 2 aliphatic rings. The van der Waals surface area contributed by atoms with Gasteiger partial charge in [-0.15, -0.1) is 0 Å². The number of nitrogen functional groups attached to an aromatic ring is 1. The van der Waals surface area contributed by atoms with Crippen molar-refractivity contribution < 1.29 is 19.0 Å².